The zero-order chi connectivity index (χ0) is 13.7. The van der Waals surface area contributed by atoms with Crippen LogP contribution in [0.3, 0.4) is 0 Å². The fourth-order valence-corrected chi connectivity index (χ4v) is 2.92. The van der Waals surface area contributed by atoms with Gasteiger partial charge in [-0.25, -0.2) is 0 Å². The lowest BCUT2D eigenvalue weighted by Crippen LogP contribution is -2.45. The molecule has 2 N–H and O–H groups in total. The summed E-state index contributed by atoms with van der Waals surface area (Å²) in [6.45, 7) is 5.08. The molecule has 0 bridgehead atoms. The number of hydrogen-bond acceptors (Lipinski definition) is 2. The largest absolute Gasteiger partial charge is 0.355 e. The maximum absolute atomic E-state index is 12.0. The second kappa shape index (κ2) is 6.53. The normalized spacial score (nSPS) is 23.1. The number of amides is 1. The molecule has 0 aliphatic carbocycles. The number of hydrogen-bond donors (Lipinski definition) is 2. The first kappa shape index (κ1) is 14.5. The Morgan fingerprint density at radius 1 is 1.53 bits per heavy atom. The predicted molar refractivity (Wildman–Crippen MR) is 81.1 cm³/mol. The molecule has 1 aliphatic rings. The molecule has 0 aromatic heterocycles. The SMILES string of the molecule is CC1(CNC(=O)Cc2cccc(Br)c2)CCCNC1. The summed E-state index contributed by atoms with van der Waals surface area (Å²) >= 11 is 3.42. The molecule has 19 heavy (non-hydrogen) atoms. The lowest BCUT2D eigenvalue weighted by atomic mass is 9.83. The van der Waals surface area contributed by atoms with Crippen LogP contribution in [0.1, 0.15) is 25.3 Å². The van der Waals surface area contributed by atoms with Crippen molar-refractivity contribution in [3.63, 3.8) is 0 Å². The van der Waals surface area contributed by atoms with E-state index in [1.165, 1.54) is 12.8 Å². The van der Waals surface area contributed by atoms with E-state index in [4.69, 9.17) is 0 Å². The topological polar surface area (TPSA) is 41.1 Å². The fourth-order valence-electron chi connectivity index (χ4n) is 2.48. The molecular formula is C15H21BrN2O. The number of piperidine rings is 1. The number of nitrogens with one attached hydrogen (secondary N) is 2. The van der Waals surface area contributed by atoms with Crippen LogP contribution in [0.4, 0.5) is 0 Å². The van der Waals surface area contributed by atoms with Crippen molar-refractivity contribution >= 4 is 21.8 Å². The molecule has 1 heterocycles. The second-order valence-corrected chi connectivity index (χ2v) is 6.59. The average molecular weight is 325 g/mol. The lowest BCUT2D eigenvalue weighted by Gasteiger charge is -2.34. The van der Waals surface area contributed by atoms with Crippen LogP contribution in [-0.2, 0) is 11.2 Å². The molecular weight excluding hydrogens is 304 g/mol. The summed E-state index contributed by atoms with van der Waals surface area (Å²) in [4.78, 5) is 12.0. The molecule has 1 amide bonds. The van der Waals surface area contributed by atoms with Crippen LogP contribution in [0.5, 0.6) is 0 Å². The maximum atomic E-state index is 12.0. The van der Waals surface area contributed by atoms with Crippen LogP contribution >= 0.6 is 15.9 Å². The molecule has 3 nitrogen and oxygen atoms in total. The molecule has 1 unspecified atom stereocenters. The minimum atomic E-state index is 0.102. The van der Waals surface area contributed by atoms with Crippen molar-refractivity contribution in [3.05, 3.63) is 34.3 Å². The van der Waals surface area contributed by atoms with E-state index in [0.717, 1.165) is 29.7 Å². The summed E-state index contributed by atoms with van der Waals surface area (Å²) in [6, 6.07) is 7.90. The van der Waals surface area contributed by atoms with Crippen LogP contribution in [0.25, 0.3) is 0 Å². The standard InChI is InChI=1S/C15H21BrN2O/c1-15(6-3-7-17-10-15)11-18-14(19)9-12-4-2-5-13(16)8-12/h2,4-5,8,17H,3,6-7,9-11H2,1H3,(H,18,19). The Morgan fingerprint density at radius 3 is 3.05 bits per heavy atom. The Labute approximate surface area is 123 Å². The third-order valence-electron chi connectivity index (χ3n) is 3.65. The van der Waals surface area contributed by atoms with Gasteiger partial charge in [0.2, 0.25) is 5.91 Å². The Kier molecular flexibility index (Phi) is 4.99. The monoisotopic (exact) mass is 324 g/mol. The minimum Gasteiger partial charge on any atom is -0.355 e. The van der Waals surface area contributed by atoms with Crippen LogP contribution in [0, 0.1) is 5.41 Å². The zero-order valence-corrected chi connectivity index (χ0v) is 12.9. The van der Waals surface area contributed by atoms with Gasteiger partial charge in [-0.05, 0) is 42.5 Å². The van der Waals surface area contributed by atoms with E-state index in [0.29, 0.717) is 6.42 Å². The quantitative estimate of drug-likeness (QED) is 0.893. The summed E-state index contributed by atoms with van der Waals surface area (Å²) < 4.78 is 1.02. The third-order valence-corrected chi connectivity index (χ3v) is 4.14. The molecule has 1 aromatic rings. The molecule has 1 atom stereocenters. The zero-order valence-electron chi connectivity index (χ0n) is 11.3. The van der Waals surface area contributed by atoms with Gasteiger partial charge in [-0.3, -0.25) is 4.79 Å². The predicted octanol–water partition coefficient (Wildman–Crippen LogP) is 2.50. The Morgan fingerprint density at radius 2 is 2.37 bits per heavy atom. The van der Waals surface area contributed by atoms with E-state index >= 15 is 0 Å². The molecule has 0 saturated carbocycles. The van der Waals surface area contributed by atoms with Crippen molar-refractivity contribution in [3.8, 4) is 0 Å². The van der Waals surface area contributed by atoms with E-state index in [9.17, 15) is 4.79 Å². The molecule has 1 saturated heterocycles. The molecule has 1 aromatic carbocycles. The van der Waals surface area contributed by atoms with Crippen molar-refractivity contribution in [2.24, 2.45) is 5.41 Å². The van der Waals surface area contributed by atoms with Gasteiger partial charge in [-0.2, -0.15) is 0 Å². The van der Waals surface area contributed by atoms with Gasteiger partial charge in [-0.15, -0.1) is 0 Å². The number of rotatable bonds is 4. The lowest BCUT2D eigenvalue weighted by molar-refractivity contribution is -0.121. The van der Waals surface area contributed by atoms with Crippen LogP contribution in [-0.4, -0.2) is 25.5 Å². The van der Waals surface area contributed by atoms with Gasteiger partial charge in [0.1, 0.15) is 0 Å². The third kappa shape index (κ3) is 4.62. The van der Waals surface area contributed by atoms with Crippen molar-refractivity contribution in [1.29, 1.82) is 0 Å². The molecule has 2 rings (SSSR count). The average Bonchev–Trinajstić information content (AvgIpc) is 2.38. The van der Waals surface area contributed by atoms with E-state index in [-0.39, 0.29) is 11.3 Å². The number of benzene rings is 1. The smallest absolute Gasteiger partial charge is 0.224 e. The van der Waals surface area contributed by atoms with E-state index in [1.807, 2.05) is 24.3 Å². The Balaban J connectivity index is 1.81. The van der Waals surface area contributed by atoms with E-state index in [2.05, 4.69) is 33.5 Å². The summed E-state index contributed by atoms with van der Waals surface area (Å²) in [5, 5.41) is 6.47. The van der Waals surface area contributed by atoms with Crippen molar-refractivity contribution in [2.45, 2.75) is 26.2 Å². The second-order valence-electron chi connectivity index (χ2n) is 5.67. The fraction of sp³-hybridized carbons (Fsp3) is 0.533. The highest BCUT2D eigenvalue weighted by molar-refractivity contribution is 9.10. The van der Waals surface area contributed by atoms with Gasteiger partial charge in [-0.1, -0.05) is 35.0 Å². The Hall–Kier alpha value is -0.870. The number of carbonyl (C=O) groups is 1. The van der Waals surface area contributed by atoms with Crippen LogP contribution in [0.2, 0.25) is 0 Å². The number of halogens is 1. The number of carbonyl (C=O) groups excluding carboxylic acids is 1. The molecule has 1 aliphatic heterocycles. The molecule has 0 radical (unpaired) electrons. The van der Waals surface area contributed by atoms with Gasteiger partial charge in [0.15, 0.2) is 0 Å². The first-order valence-corrected chi connectivity index (χ1v) is 7.59. The highest BCUT2D eigenvalue weighted by Crippen LogP contribution is 2.24. The highest BCUT2D eigenvalue weighted by atomic mass is 79.9. The highest BCUT2D eigenvalue weighted by Gasteiger charge is 2.26. The van der Waals surface area contributed by atoms with Gasteiger partial charge in [0.25, 0.3) is 0 Å². The van der Waals surface area contributed by atoms with Gasteiger partial charge in [0, 0.05) is 17.6 Å². The summed E-state index contributed by atoms with van der Waals surface area (Å²) in [5.74, 6) is 0.102. The summed E-state index contributed by atoms with van der Waals surface area (Å²) in [7, 11) is 0. The first-order valence-electron chi connectivity index (χ1n) is 6.79. The van der Waals surface area contributed by atoms with Crippen molar-refractivity contribution in [1.82, 2.24) is 10.6 Å². The first-order chi connectivity index (χ1) is 9.07. The molecule has 4 heteroatoms. The van der Waals surface area contributed by atoms with Gasteiger partial charge < -0.3 is 10.6 Å². The summed E-state index contributed by atoms with van der Waals surface area (Å²) in [5.41, 5.74) is 1.24. The van der Waals surface area contributed by atoms with Crippen molar-refractivity contribution < 1.29 is 4.79 Å². The van der Waals surface area contributed by atoms with Gasteiger partial charge in [0.05, 0.1) is 6.42 Å². The van der Waals surface area contributed by atoms with Crippen LogP contribution < -0.4 is 10.6 Å². The maximum Gasteiger partial charge on any atom is 0.224 e. The minimum absolute atomic E-state index is 0.102. The van der Waals surface area contributed by atoms with Crippen LogP contribution in [0.15, 0.2) is 28.7 Å². The van der Waals surface area contributed by atoms with Gasteiger partial charge >= 0.3 is 0 Å². The summed E-state index contributed by atoms with van der Waals surface area (Å²) in [6.07, 6.45) is 2.82. The van der Waals surface area contributed by atoms with E-state index < -0.39 is 0 Å². The molecule has 0 spiro atoms. The van der Waals surface area contributed by atoms with E-state index in [1.54, 1.807) is 0 Å². The molecule has 1 fully saturated rings. The Bertz CT molecular complexity index is 442. The van der Waals surface area contributed by atoms with Crippen molar-refractivity contribution in [2.75, 3.05) is 19.6 Å². The molecule has 104 valence electrons.